The monoisotopic (exact) mass is 295 g/mol. The zero-order valence-electron chi connectivity index (χ0n) is 12.4. The van der Waals surface area contributed by atoms with Crippen LogP contribution in [-0.4, -0.2) is 40.0 Å². The van der Waals surface area contributed by atoms with Crippen LogP contribution < -0.4 is 5.32 Å². The highest BCUT2D eigenvalue weighted by Crippen LogP contribution is 2.09. The Labute approximate surface area is 123 Å². The molecule has 6 nitrogen and oxygen atoms in total. The molecule has 0 aliphatic heterocycles. The molecule has 1 aromatic rings. The summed E-state index contributed by atoms with van der Waals surface area (Å²) < 4.78 is 4.99. The van der Waals surface area contributed by atoms with Gasteiger partial charge in [0, 0.05) is 6.42 Å². The Morgan fingerprint density at radius 2 is 1.81 bits per heavy atom. The molecule has 0 spiro atoms. The van der Waals surface area contributed by atoms with E-state index in [1.165, 1.54) is 0 Å². The summed E-state index contributed by atoms with van der Waals surface area (Å²) in [6.45, 7) is 5.01. The van der Waals surface area contributed by atoms with Crippen molar-refractivity contribution in [3.05, 3.63) is 35.9 Å². The second-order valence-electron chi connectivity index (χ2n) is 5.72. The van der Waals surface area contributed by atoms with Crippen LogP contribution in [0.25, 0.3) is 0 Å². The molecule has 0 saturated heterocycles. The summed E-state index contributed by atoms with van der Waals surface area (Å²) in [5.74, 6) is -1.32. The molecule has 3 N–H and O–H groups in total. The summed E-state index contributed by atoms with van der Waals surface area (Å²) in [5, 5.41) is 21.3. The zero-order chi connectivity index (χ0) is 16.0. The molecule has 0 aliphatic rings. The third-order valence-electron chi connectivity index (χ3n) is 2.61. The Morgan fingerprint density at radius 3 is 2.29 bits per heavy atom. The molecule has 0 saturated carbocycles. The fourth-order valence-corrected chi connectivity index (χ4v) is 1.73. The van der Waals surface area contributed by atoms with E-state index < -0.39 is 29.8 Å². The molecule has 1 rings (SSSR count). The van der Waals surface area contributed by atoms with E-state index in [1.807, 2.05) is 6.07 Å². The van der Waals surface area contributed by atoms with Gasteiger partial charge < -0.3 is 20.3 Å². The summed E-state index contributed by atoms with van der Waals surface area (Å²) in [6, 6.07) is 7.52. The first-order valence-corrected chi connectivity index (χ1v) is 6.63. The number of amides is 1. The molecule has 1 amide bonds. The highest BCUT2D eigenvalue weighted by atomic mass is 16.6. The van der Waals surface area contributed by atoms with Gasteiger partial charge in [-0.15, -0.1) is 0 Å². The molecule has 0 fully saturated rings. The third-order valence-corrected chi connectivity index (χ3v) is 2.61. The van der Waals surface area contributed by atoms with E-state index in [0.717, 1.165) is 5.56 Å². The van der Waals surface area contributed by atoms with Gasteiger partial charge in [-0.25, -0.2) is 9.59 Å². The van der Waals surface area contributed by atoms with Crippen molar-refractivity contribution in [2.75, 3.05) is 0 Å². The Morgan fingerprint density at radius 1 is 1.24 bits per heavy atom. The van der Waals surface area contributed by atoms with Crippen molar-refractivity contribution in [2.45, 2.75) is 44.9 Å². The number of carboxylic acid groups (broad SMARTS) is 1. The second-order valence-corrected chi connectivity index (χ2v) is 5.72. The number of aliphatic hydroxyl groups is 1. The highest BCUT2D eigenvalue weighted by Gasteiger charge is 2.30. The van der Waals surface area contributed by atoms with E-state index in [4.69, 9.17) is 9.84 Å². The molecule has 2 atom stereocenters. The van der Waals surface area contributed by atoms with E-state index in [9.17, 15) is 14.7 Å². The number of carbonyl (C=O) groups is 2. The average Bonchev–Trinajstić information content (AvgIpc) is 2.34. The predicted molar refractivity (Wildman–Crippen MR) is 76.9 cm³/mol. The van der Waals surface area contributed by atoms with E-state index in [2.05, 4.69) is 5.32 Å². The van der Waals surface area contributed by atoms with Gasteiger partial charge in [0.1, 0.15) is 5.60 Å². The van der Waals surface area contributed by atoms with Crippen LogP contribution in [0.3, 0.4) is 0 Å². The van der Waals surface area contributed by atoms with Gasteiger partial charge in [-0.1, -0.05) is 30.3 Å². The number of benzene rings is 1. The van der Waals surface area contributed by atoms with Gasteiger partial charge >= 0.3 is 12.1 Å². The maximum Gasteiger partial charge on any atom is 0.408 e. The van der Waals surface area contributed by atoms with Crippen molar-refractivity contribution in [1.29, 1.82) is 0 Å². The maximum absolute atomic E-state index is 11.6. The molecule has 21 heavy (non-hydrogen) atoms. The van der Waals surface area contributed by atoms with Crippen LogP contribution >= 0.6 is 0 Å². The number of ether oxygens (including phenoxy) is 1. The van der Waals surface area contributed by atoms with Crippen LogP contribution in [0.1, 0.15) is 26.3 Å². The number of hydrogen-bond donors (Lipinski definition) is 3. The fourth-order valence-electron chi connectivity index (χ4n) is 1.73. The van der Waals surface area contributed by atoms with E-state index >= 15 is 0 Å². The van der Waals surface area contributed by atoms with Gasteiger partial charge in [-0.2, -0.15) is 0 Å². The lowest BCUT2D eigenvalue weighted by Gasteiger charge is -2.24. The number of nitrogens with one attached hydrogen (secondary N) is 1. The minimum atomic E-state index is -1.43. The van der Waals surface area contributed by atoms with E-state index in [0.29, 0.717) is 0 Å². The van der Waals surface area contributed by atoms with Crippen LogP contribution in [-0.2, 0) is 16.0 Å². The molecule has 116 valence electrons. The summed E-state index contributed by atoms with van der Waals surface area (Å²) in [7, 11) is 0. The van der Waals surface area contributed by atoms with Crippen molar-refractivity contribution in [1.82, 2.24) is 5.32 Å². The van der Waals surface area contributed by atoms with Gasteiger partial charge in [0.25, 0.3) is 0 Å². The number of hydrogen-bond acceptors (Lipinski definition) is 4. The quantitative estimate of drug-likeness (QED) is 0.766. The Kier molecular flexibility index (Phi) is 5.72. The average molecular weight is 295 g/mol. The molecule has 0 heterocycles. The van der Waals surface area contributed by atoms with Crippen molar-refractivity contribution in [3.8, 4) is 0 Å². The minimum absolute atomic E-state index is 0.119. The molecule has 2 unspecified atom stereocenters. The number of carbonyl (C=O) groups excluding carboxylic acids is 1. The Hall–Kier alpha value is -2.08. The predicted octanol–water partition coefficient (Wildman–Crippen LogP) is 1.57. The van der Waals surface area contributed by atoms with Crippen molar-refractivity contribution in [3.63, 3.8) is 0 Å². The molecule has 1 aromatic carbocycles. The van der Waals surface area contributed by atoms with Crippen molar-refractivity contribution >= 4 is 12.1 Å². The summed E-state index contributed by atoms with van der Waals surface area (Å²) in [5.41, 5.74) is 0.0413. The minimum Gasteiger partial charge on any atom is -0.480 e. The lowest BCUT2D eigenvalue weighted by Crippen LogP contribution is -2.50. The van der Waals surface area contributed by atoms with Gasteiger partial charge in [0.15, 0.2) is 6.04 Å². The molecule has 6 heteroatoms. The maximum atomic E-state index is 11.6. The molecular weight excluding hydrogens is 274 g/mol. The lowest BCUT2D eigenvalue weighted by atomic mass is 10.0. The molecule has 0 bridgehead atoms. The summed E-state index contributed by atoms with van der Waals surface area (Å²) in [6.07, 6.45) is -2.01. The molecule has 0 aromatic heterocycles. The normalized spacial score (nSPS) is 14.1. The fraction of sp³-hybridized carbons (Fsp3) is 0.467. The number of carboxylic acids is 1. The standard InChI is InChI=1S/C15H21NO5/c1-15(2,3)21-14(20)16-12(13(18)19)11(17)9-10-7-5-4-6-8-10/h4-8,11-12,17H,9H2,1-3H3,(H,16,20)(H,18,19). The van der Waals surface area contributed by atoms with Gasteiger partial charge in [0.2, 0.25) is 0 Å². The number of aliphatic hydroxyl groups excluding tert-OH is 1. The Balaban J connectivity index is 2.68. The van der Waals surface area contributed by atoms with Crippen LogP contribution in [0.5, 0.6) is 0 Å². The number of alkyl carbamates (subject to hydrolysis) is 1. The second kappa shape index (κ2) is 7.08. The first kappa shape index (κ1) is 17.0. The van der Waals surface area contributed by atoms with Crippen molar-refractivity contribution < 1.29 is 24.5 Å². The summed E-state index contributed by atoms with van der Waals surface area (Å²) >= 11 is 0. The third kappa shape index (κ3) is 6.27. The molecule has 0 radical (unpaired) electrons. The van der Waals surface area contributed by atoms with Crippen LogP contribution in [0.2, 0.25) is 0 Å². The first-order valence-electron chi connectivity index (χ1n) is 6.63. The highest BCUT2D eigenvalue weighted by molar-refractivity contribution is 5.80. The summed E-state index contributed by atoms with van der Waals surface area (Å²) in [4.78, 5) is 22.8. The zero-order valence-corrected chi connectivity index (χ0v) is 12.4. The lowest BCUT2D eigenvalue weighted by molar-refractivity contribution is -0.142. The topological polar surface area (TPSA) is 95.9 Å². The number of aliphatic carboxylic acids is 1. The van der Waals surface area contributed by atoms with Crippen molar-refractivity contribution in [2.24, 2.45) is 0 Å². The van der Waals surface area contributed by atoms with E-state index in [1.54, 1.807) is 45.0 Å². The Bertz CT molecular complexity index is 481. The number of rotatable bonds is 5. The molecular formula is C15H21NO5. The van der Waals surface area contributed by atoms with Gasteiger partial charge in [-0.3, -0.25) is 0 Å². The van der Waals surface area contributed by atoms with E-state index in [-0.39, 0.29) is 6.42 Å². The first-order chi connectivity index (χ1) is 9.69. The van der Waals surface area contributed by atoms with Gasteiger partial charge in [0.05, 0.1) is 6.10 Å². The van der Waals surface area contributed by atoms with Crippen LogP contribution in [0, 0.1) is 0 Å². The molecule has 0 aliphatic carbocycles. The SMILES string of the molecule is CC(C)(C)OC(=O)NC(C(=O)O)C(O)Cc1ccccc1. The van der Waals surface area contributed by atoms with Crippen LogP contribution in [0.15, 0.2) is 30.3 Å². The van der Waals surface area contributed by atoms with Crippen LogP contribution in [0.4, 0.5) is 4.79 Å². The van der Waals surface area contributed by atoms with Gasteiger partial charge in [-0.05, 0) is 26.3 Å². The largest absolute Gasteiger partial charge is 0.480 e. The smallest absolute Gasteiger partial charge is 0.408 e.